The minimum absolute atomic E-state index is 0.326. The molecule has 1 heterocycles. The Morgan fingerprint density at radius 2 is 1.84 bits per heavy atom. The van der Waals surface area contributed by atoms with Crippen molar-refractivity contribution in [2.24, 2.45) is 0 Å². The standard InChI is InChI=1S/C14H27N5/c1-7-19(6)9-8-16-14-11(4)13(15-5)17-12(18-14)10(2)3/h10H,7-9H2,1-6H3,(H2,15,16,17,18). The highest BCUT2D eigenvalue weighted by atomic mass is 15.1. The molecule has 0 atom stereocenters. The molecule has 5 heteroatoms. The molecule has 5 nitrogen and oxygen atoms in total. The van der Waals surface area contributed by atoms with E-state index < -0.39 is 0 Å². The molecule has 0 aromatic carbocycles. The SMILES string of the molecule is CCN(C)CCNc1nc(C(C)C)nc(NC)c1C. The van der Waals surface area contributed by atoms with Crippen molar-refractivity contribution in [1.29, 1.82) is 0 Å². The van der Waals surface area contributed by atoms with Gasteiger partial charge in [-0.15, -0.1) is 0 Å². The Morgan fingerprint density at radius 3 is 2.37 bits per heavy atom. The Balaban J connectivity index is 2.83. The second-order valence-electron chi connectivity index (χ2n) is 5.13. The van der Waals surface area contributed by atoms with Crippen LogP contribution in [0, 0.1) is 6.92 Å². The zero-order chi connectivity index (χ0) is 14.4. The van der Waals surface area contributed by atoms with Gasteiger partial charge >= 0.3 is 0 Å². The van der Waals surface area contributed by atoms with E-state index in [4.69, 9.17) is 0 Å². The fourth-order valence-corrected chi connectivity index (χ4v) is 1.73. The first-order valence-corrected chi connectivity index (χ1v) is 6.98. The second-order valence-corrected chi connectivity index (χ2v) is 5.13. The van der Waals surface area contributed by atoms with E-state index in [9.17, 15) is 0 Å². The molecule has 0 radical (unpaired) electrons. The number of aromatic nitrogens is 2. The van der Waals surface area contributed by atoms with Crippen molar-refractivity contribution in [3.05, 3.63) is 11.4 Å². The van der Waals surface area contributed by atoms with Gasteiger partial charge in [0.25, 0.3) is 0 Å². The number of hydrogen-bond acceptors (Lipinski definition) is 5. The third-order valence-electron chi connectivity index (χ3n) is 3.24. The first-order chi connectivity index (χ1) is 8.99. The van der Waals surface area contributed by atoms with Gasteiger partial charge in [0, 0.05) is 31.6 Å². The van der Waals surface area contributed by atoms with Crippen molar-refractivity contribution >= 4 is 11.6 Å². The number of nitrogens with one attached hydrogen (secondary N) is 2. The molecule has 108 valence electrons. The van der Waals surface area contributed by atoms with Crippen molar-refractivity contribution in [2.75, 3.05) is 44.4 Å². The van der Waals surface area contributed by atoms with Gasteiger partial charge in [-0.25, -0.2) is 9.97 Å². The first kappa shape index (κ1) is 15.7. The van der Waals surface area contributed by atoms with Gasteiger partial charge < -0.3 is 15.5 Å². The van der Waals surface area contributed by atoms with Crippen LogP contribution in [0.4, 0.5) is 11.6 Å². The Morgan fingerprint density at radius 1 is 1.21 bits per heavy atom. The summed E-state index contributed by atoms with van der Waals surface area (Å²) in [5.41, 5.74) is 1.08. The fourth-order valence-electron chi connectivity index (χ4n) is 1.73. The van der Waals surface area contributed by atoms with E-state index in [0.29, 0.717) is 5.92 Å². The molecule has 1 rings (SSSR count). The minimum atomic E-state index is 0.326. The number of rotatable bonds is 7. The number of likely N-dealkylation sites (N-methyl/N-ethyl adjacent to an activating group) is 1. The molecule has 0 unspecified atom stereocenters. The highest BCUT2D eigenvalue weighted by Gasteiger charge is 2.12. The summed E-state index contributed by atoms with van der Waals surface area (Å²) in [5.74, 6) is 3.05. The third-order valence-corrected chi connectivity index (χ3v) is 3.24. The first-order valence-electron chi connectivity index (χ1n) is 6.98. The topological polar surface area (TPSA) is 53.1 Å². The lowest BCUT2D eigenvalue weighted by Crippen LogP contribution is -2.25. The molecule has 19 heavy (non-hydrogen) atoms. The van der Waals surface area contributed by atoms with Crippen LogP contribution in [-0.2, 0) is 0 Å². The van der Waals surface area contributed by atoms with E-state index in [-0.39, 0.29) is 0 Å². The zero-order valence-electron chi connectivity index (χ0n) is 13.0. The van der Waals surface area contributed by atoms with Crippen molar-refractivity contribution in [2.45, 2.75) is 33.6 Å². The lowest BCUT2D eigenvalue weighted by Gasteiger charge is -2.17. The van der Waals surface area contributed by atoms with E-state index in [1.807, 2.05) is 14.0 Å². The van der Waals surface area contributed by atoms with Crippen molar-refractivity contribution in [1.82, 2.24) is 14.9 Å². The normalized spacial score (nSPS) is 11.2. The van der Waals surface area contributed by atoms with Crippen LogP contribution in [0.1, 0.15) is 38.1 Å². The Hall–Kier alpha value is -1.36. The van der Waals surface area contributed by atoms with Crippen LogP contribution in [-0.4, -0.2) is 48.6 Å². The Kier molecular flexibility index (Phi) is 6.02. The van der Waals surface area contributed by atoms with E-state index in [1.54, 1.807) is 0 Å². The van der Waals surface area contributed by atoms with Gasteiger partial charge in [0.15, 0.2) is 0 Å². The molecule has 0 aliphatic carbocycles. The smallest absolute Gasteiger partial charge is 0.135 e. The summed E-state index contributed by atoms with van der Waals surface area (Å²) in [5, 5.41) is 6.56. The average molecular weight is 265 g/mol. The molecule has 0 saturated carbocycles. The van der Waals surface area contributed by atoms with E-state index >= 15 is 0 Å². The largest absolute Gasteiger partial charge is 0.373 e. The van der Waals surface area contributed by atoms with Crippen molar-refractivity contribution in [3.63, 3.8) is 0 Å². The van der Waals surface area contributed by atoms with Crippen LogP contribution in [0.2, 0.25) is 0 Å². The number of nitrogens with zero attached hydrogens (tertiary/aromatic N) is 3. The lowest BCUT2D eigenvalue weighted by atomic mass is 10.2. The summed E-state index contributed by atoms with van der Waals surface area (Å²) in [7, 11) is 4.02. The highest BCUT2D eigenvalue weighted by molar-refractivity contribution is 5.57. The lowest BCUT2D eigenvalue weighted by molar-refractivity contribution is 0.367. The molecule has 0 saturated heterocycles. The van der Waals surface area contributed by atoms with Crippen LogP contribution in [0.15, 0.2) is 0 Å². The van der Waals surface area contributed by atoms with Crippen molar-refractivity contribution in [3.8, 4) is 0 Å². The molecule has 1 aromatic rings. The van der Waals surface area contributed by atoms with E-state index in [1.165, 1.54) is 0 Å². The van der Waals surface area contributed by atoms with Crippen molar-refractivity contribution < 1.29 is 0 Å². The minimum Gasteiger partial charge on any atom is -0.373 e. The van der Waals surface area contributed by atoms with Crippen LogP contribution in [0.25, 0.3) is 0 Å². The van der Waals surface area contributed by atoms with Gasteiger partial charge in [-0.1, -0.05) is 20.8 Å². The molecule has 0 bridgehead atoms. The summed E-state index contributed by atoms with van der Waals surface area (Å²) >= 11 is 0. The van der Waals surface area contributed by atoms with Gasteiger partial charge in [-0.3, -0.25) is 0 Å². The fraction of sp³-hybridized carbons (Fsp3) is 0.714. The molecule has 0 fully saturated rings. The van der Waals surface area contributed by atoms with E-state index in [0.717, 1.165) is 42.7 Å². The quantitative estimate of drug-likeness (QED) is 0.792. The summed E-state index contributed by atoms with van der Waals surface area (Å²) in [6.07, 6.45) is 0. The van der Waals surface area contributed by atoms with Gasteiger partial charge in [-0.05, 0) is 20.5 Å². The Labute approximate surface area is 116 Å². The van der Waals surface area contributed by atoms with Crippen LogP contribution >= 0.6 is 0 Å². The molecule has 0 amide bonds. The molecular weight excluding hydrogens is 238 g/mol. The van der Waals surface area contributed by atoms with Gasteiger partial charge in [0.2, 0.25) is 0 Å². The molecule has 2 N–H and O–H groups in total. The maximum Gasteiger partial charge on any atom is 0.135 e. The predicted octanol–water partition coefficient (Wildman–Crippen LogP) is 2.31. The highest BCUT2D eigenvalue weighted by Crippen LogP contribution is 2.22. The average Bonchev–Trinajstić information content (AvgIpc) is 2.40. The summed E-state index contributed by atoms with van der Waals surface area (Å²) in [4.78, 5) is 11.4. The summed E-state index contributed by atoms with van der Waals surface area (Å²) < 4.78 is 0. The summed E-state index contributed by atoms with van der Waals surface area (Å²) in [6.45, 7) is 11.4. The summed E-state index contributed by atoms with van der Waals surface area (Å²) in [6, 6.07) is 0. The Bertz CT molecular complexity index is 403. The van der Waals surface area contributed by atoms with Crippen LogP contribution in [0.5, 0.6) is 0 Å². The monoisotopic (exact) mass is 265 g/mol. The predicted molar refractivity (Wildman–Crippen MR) is 82.1 cm³/mol. The van der Waals surface area contributed by atoms with Gasteiger partial charge in [0.05, 0.1) is 0 Å². The molecule has 0 spiro atoms. The molecule has 0 aliphatic heterocycles. The maximum atomic E-state index is 4.62. The zero-order valence-corrected chi connectivity index (χ0v) is 13.0. The molecule has 0 aliphatic rings. The number of anilines is 2. The van der Waals surface area contributed by atoms with E-state index in [2.05, 4.69) is 53.3 Å². The second kappa shape index (κ2) is 7.28. The number of hydrogen-bond donors (Lipinski definition) is 2. The molecule has 1 aromatic heterocycles. The maximum absolute atomic E-state index is 4.62. The van der Waals surface area contributed by atoms with Crippen LogP contribution in [0.3, 0.4) is 0 Å². The van der Waals surface area contributed by atoms with Crippen LogP contribution < -0.4 is 10.6 Å². The van der Waals surface area contributed by atoms with Gasteiger partial charge in [-0.2, -0.15) is 0 Å². The van der Waals surface area contributed by atoms with Gasteiger partial charge in [0.1, 0.15) is 17.5 Å². The molecular formula is C14H27N5. The third kappa shape index (κ3) is 4.35.